The van der Waals surface area contributed by atoms with Gasteiger partial charge in [0, 0.05) is 6.26 Å². The van der Waals surface area contributed by atoms with Gasteiger partial charge in [-0.1, -0.05) is 0 Å². The van der Waals surface area contributed by atoms with Crippen LogP contribution in [0.25, 0.3) is 0 Å². The van der Waals surface area contributed by atoms with Crippen LogP contribution in [-0.2, 0) is 18.7 Å². The van der Waals surface area contributed by atoms with Crippen molar-refractivity contribution < 1.29 is 17.3 Å². The van der Waals surface area contributed by atoms with E-state index < -0.39 is 18.4 Å². The summed E-state index contributed by atoms with van der Waals surface area (Å²) >= 11 is 0. The van der Waals surface area contributed by atoms with Crippen LogP contribution >= 0.6 is 0 Å². The smallest absolute Gasteiger partial charge is 0.332 e. The van der Waals surface area contributed by atoms with Crippen LogP contribution in [0.15, 0.2) is 0 Å². The average molecular weight is 210 g/mol. The molecule has 0 bridgehead atoms. The Hall–Kier alpha value is 0.0869. The van der Waals surface area contributed by atoms with E-state index in [1.54, 1.807) is 0 Å². The minimum absolute atomic E-state index is 0.0728. The zero-order chi connectivity index (χ0) is 9.41. The Balaban J connectivity index is 2.49. The second kappa shape index (κ2) is 3.10. The van der Waals surface area contributed by atoms with Crippen molar-refractivity contribution in [2.45, 2.75) is 19.2 Å². The first-order chi connectivity index (χ1) is 5.29. The molecule has 12 heavy (non-hydrogen) atoms. The van der Waals surface area contributed by atoms with Gasteiger partial charge in [-0.3, -0.25) is 0 Å². The molecule has 1 fully saturated rings. The van der Waals surface area contributed by atoms with Crippen molar-refractivity contribution in [1.82, 2.24) is 0 Å². The Bertz CT molecular complexity index is 259. The minimum atomic E-state index is -2.94. The third-order valence-electron chi connectivity index (χ3n) is 1.56. The first-order valence-corrected chi connectivity index (χ1v) is 8.66. The molecule has 1 atom stereocenters. The number of hydrogen-bond acceptors (Lipinski definition) is 4. The summed E-state index contributed by atoms with van der Waals surface area (Å²) in [6.07, 6.45) is 0.963. The van der Waals surface area contributed by atoms with Crippen molar-refractivity contribution in [1.29, 1.82) is 0 Å². The summed E-state index contributed by atoms with van der Waals surface area (Å²) in [5, 5.41) is 0. The highest BCUT2D eigenvalue weighted by atomic mass is 32.2. The molecular formula is C6H14O4SSi. The lowest BCUT2D eigenvalue weighted by atomic mass is 10.4. The van der Waals surface area contributed by atoms with E-state index >= 15 is 0 Å². The van der Waals surface area contributed by atoms with Gasteiger partial charge in [-0.25, -0.2) is 8.42 Å². The molecular weight excluding hydrogens is 196 g/mol. The normalized spacial score (nSPS) is 29.1. The molecule has 4 nitrogen and oxygen atoms in total. The molecule has 0 aromatic rings. The zero-order valence-corrected chi connectivity index (χ0v) is 9.35. The average Bonchev–Trinajstić information content (AvgIpc) is 2.05. The summed E-state index contributed by atoms with van der Waals surface area (Å²) in [5.41, 5.74) is 0. The molecule has 0 N–H and O–H groups in total. The molecule has 1 rings (SSSR count). The van der Waals surface area contributed by atoms with Crippen LogP contribution in [0.3, 0.4) is 0 Å². The third-order valence-corrected chi connectivity index (χ3v) is 4.30. The summed E-state index contributed by atoms with van der Waals surface area (Å²) in [7, 11) is -4.91. The second-order valence-corrected chi connectivity index (χ2v) is 9.05. The Kier molecular flexibility index (Phi) is 2.62. The van der Waals surface area contributed by atoms with Crippen LogP contribution < -0.4 is 0 Å². The molecule has 0 radical (unpaired) electrons. The van der Waals surface area contributed by atoms with Gasteiger partial charge in [-0.05, 0) is 13.1 Å². The molecule has 6 heteroatoms. The van der Waals surface area contributed by atoms with E-state index in [9.17, 15) is 8.42 Å². The van der Waals surface area contributed by atoms with Gasteiger partial charge in [0.25, 0.3) is 0 Å². The summed E-state index contributed by atoms with van der Waals surface area (Å²) < 4.78 is 32.6. The molecule has 1 aliphatic rings. The molecule has 1 heterocycles. The summed E-state index contributed by atoms with van der Waals surface area (Å²) in [6, 6.07) is 0. The van der Waals surface area contributed by atoms with Gasteiger partial charge >= 0.3 is 8.56 Å². The molecule has 0 spiro atoms. The Morgan fingerprint density at radius 1 is 1.50 bits per heavy atom. The van der Waals surface area contributed by atoms with Gasteiger partial charge in [-0.2, -0.15) is 0 Å². The molecule has 0 saturated carbocycles. The van der Waals surface area contributed by atoms with Crippen LogP contribution in [0.1, 0.15) is 0 Å². The molecule has 0 aromatic heterocycles. The number of sulfone groups is 1. The van der Waals surface area contributed by atoms with Crippen molar-refractivity contribution in [2.75, 3.05) is 18.6 Å². The van der Waals surface area contributed by atoms with Crippen LogP contribution in [0, 0.1) is 0 Å². The molecule has 1 unspecified atom stereocenters. The molecule has 1 aliphatic heterocycles. The van der Waals surface area contributed by atoms with Gasteiger partial charge < -0.3 is 8.85 Å². The van der Waals surface area contributed by atoms with Crippen LogP contribution in [-0.4, -0.2) is 41.7 Å². The Morgan fingerprint density at radius 3 is 2.42 bits per heavy atom. The fourth-order valence-corrected chi connectivity index (χ4v) is 3.75. The Morgan fingerprint density at radius 2 is 2.08 bits per heavy atom. The summed E-state index contributed by atoms with van der Waals surface area (Å²) in [4.78, 5) is 0. The maximum absolute atomic E-state index is 10.9. The first-order valence-electron chi connectivity index (χ1n) is 3.78. The lowest BCUT2D eigenvalue weighted by Crippen LogP contribution is -2.30. The van der Waals surface area contributed by atoms with E-state index in [0.29, 0.717) is 6.61 Å². The SMILES string of the molecule is C[Si]1(C)OCC(CS(C)(=O)=O)O1. The van der Waals surface area contributed by atoms with Crippen molar-refractivity contribution in [3.8, 4) is 0 Å². The lowest BCUT2D eigenvalue weighted by Gasteiger charge is -2.12. The van der Waals surface area contributed by atoms with Gasteiger partial charge in [-0.15, -0.1) is 0 Å². The van der Waals surface area contributed by atoms with E-state index in [4.69, 9.17) is 8.85 Å². The Labute approximate surface area is 74.0 Å². The fraction of sp³-hybridized carbons (Fsp3) is 1.00. The van der Waals surface area contributed by atoms with Crippen molar-refractivity contribution in [3.63, 3.8) is 0 Å². The quantitative estimate of drug-likeness (QED) is 0.609. The van der Waals surface area contributed by atoms with E-state index in [2.05, 4.69) is 0 Å². The minimum Gasteiger partial charge on any atom is -0.392 e. The summed E-state index contributed by atoms with van der Waals surface area (Å²) in [6.45, 7) is 4.25. The molecule has 0 aromatic carbocycles. The predicted octanol–water partition coefficient (Wildman–Crippen LogP) is 0.148. The molecule has 0 aliphatic carbocycles. The van der Waals surface area contributed by atoms with E-state index in [1.807, 2.05) is 13.1 Å². The maximum Gasteiger partial charge on any atom is 0.332 e. The van der Waals surface area contributed by atoms with Gasteiger partial charge in [0.05, 0.1) is 18.5 Å². The van der Waals surface area contributed by atoms with Gasteiger partial charge in [0.15, 0.2) is 0 Å². The first kappa shape index (κ1) is 10.2. The van der Waals surface area contributed by atoms with Gasteiger partial charge in [0.2, 0.25) is 0 Å². The topological polar surface area (TPSA) is 52.6 Å². The highest BCUT2D eigenvalue weighted by molar-refractivity contribution is 7.90. The maximum atomic E-state index is 10.9. The third kappa shape index (κ3) is 3.22. The van der Waals surface area contributed by atoms with E-state index in [1.165, 1.54) is 6.26 Å². The van der Waals surface area contributed by atoms with Crippen LogP contribution in [0.4, 0.5) is 0 Å². The number of hydrogen-bond donors (Lipinski definition) is 0. The van der Waals surface area contributed by atoms with Crippen molar-refractivity contribution >= 4 is 18.4 Å². The van der Waals surface area contributed by atoms with Gasteiger partial charge in [0.1, 0.15) is 9.84 Å². The molecule has 72 valence electrons. The monoisotopic (exact) mass is 210 g/mol. The van der Waals surface area contributed by atoms with E-state index in [-0.39, 0.29) is 11.9 Å². The highest BCUT2D eigenvalue weighted by Crippen LogP contribution is 2.19. The highest BCUT2D eigenvalue weighted by Gasteiger charge is 2.37. The molecule has 1 saturated heterocycles. The lowest BCUT2D eigenvalue weighted by molar-refractivity contribution is 0.255. The van der Waals surface area contributed by atoms with Crippen LogP contribution in [0.2, 0.25) is 13.1 Å². The predicted molar refractivity (Wildman–Crippen MR) is 48.0 cm³/mol. The molecule has 0 amide bonds. The van der Waals surface area contributed by atoms with Crippen molar-refractivity contribution in [2.24, 2.45) is 0 Å². The second-order valence-electron chi connectivity index (χ2n) is 3.54. The largest absolute Gasteiger partial charge is 0.392 e. The standard InChI is InChI=1S/C6H14O4SSi/c1-11(7,8)5-6-4-9-12(2,3)10-6/h6H,4-5H2,1-3H3. The van der Waals surface area contributed by atoms with Crippen LogP contribution in [0.5, 0.6) is 0 Å². The summed E-state index contributed by atoms with van der Waals surface area (Å²) in [5.74, 6) is 0.0728. The fourth-order valence-electron chi connectivity index (χ4n) is 1.18. The van der Waals surface area contributed by atoms with Crippen molar-refractivity contribution in [3.05, 3.63) is 0 Å². The van der Waals surface area contributed by atoms with E-state index in [0.717, 1.165) is 0 Å². The zero-order valence-electron chi connectivity index (χ0n) is 7.53. The number of rotatable bonds is 2.